The summed E-state index contributed by atoms with van der Waals surface area (Å²) >= 11 is 0. The Kier molecular flexibility index (Phi) is 4.77. The molecule has 1 aromatic rings. The first-order valence-corrected chi connectivity index (χ1v) is 6.88. The minimum Gasteiger partial charge on any atom is -0.466 e. The molecule has 4 heteroatoms. The molecule has 0 unspecified atom stereocenters. The zero-order chi connectivity index (χ0) is 13.7. The maximum absolute atomic E-state index is 13.5. The van der Waals surface area contributed by atoms with Gasteiger partial charge in [0, 0.05) is 6.04 Å². The lowest BCUT2D eigenvalue weighted by Crippen LogP contribution is -2.30. The van der Waals surface area contributed by atoms with E-state index in [0.29, 0.717) is 12.3 Å². The number of esters is 1. The van der Waals surface area contributed by atoms with Gasteiger partial charge in [0.2, 0.25) is 0 Å². The fraction of sp³-hybridized carbons (Fsp3) is 0.533. The van der Waals surface area contributed by atoms with Crippen molar-refractivity contribution in [2.75, 3.05) is 11.9 Å². The average molecular weight is 265 g/mol. The summed E-state index contributed by atoms with van der Waals surface area (Å²) < 4.78 is 18.5. The molecule has 0 bridgehead atoms. The van der Waals surface area contributed by atoms with Gasteiger partial charge < -0.3 is 10.1 Å². The number of anilines is 1. The molecule has 1 N–H and O–H groups in total. The van der Waals surface area contributed by atoms with Gasteiger partial charge in [0.25, 0.3) is 0 Å². The number of benzene rings is 1. The Labute approximate surface area is 113 Å². The van der Waals surface area contributed by atoms with Crippen molar-refractivity contribution >= 4 is 11.7 Å². The Hall–Kier alpha value is -1.58. The molecule has 0 aliphatic heterocycles. The summed E-state index contributed by atoms with van der Waals surface area (Å²) in [6.45, 7) is 2.26. The van der Waals surface area contributed by atoms with Gasteiger partial charge in [0.1, 0.15) is 5.82 Å². The van der Waals surface area contributed by atoms with E-state index in [1.807, 2.05) is 13.0 Å². The molecule has 1 aliphatic carbocycles. The van der Waals surface area contributed by atoms with Crippen molar-refractivity contribution < 1.29 is 13.9 Å². The summed E-state index contributed by atoms with van der Waals surface area (Å²) in [5.41, 5.74) is 0.544. The molecule has 104 valence electrons. The van der Waals surface area contributed by atoms with Crippen LogP contribution in [-0.2, 0) is 9.53 Å². The number of carbonyl (C=O) groups is 1. The fourth-order valence-electron chi connectivity index (χ4n) is 2.53. The van der Waals surface area contributed by atoms with Gasteiger partial charge in [0.05, 0.1) is 18.2 Å². The van der Waals surface area contributed by atoms with Crippen molar-refractivity contribution in [3.63, 3.8) is 0 Å². The van der Waals surface area contributed by atoms with Crippen LogP contribution in [0.1, 0.15) is 32.6 Å². The highest BCUT2D eigenvalue weighted by Crippen LogP contribution is 2.28. The summed E-state index contributed by atoms with van der Waals surface area (Å²) in [5.74, 6) is -0.305. The predicted molar refractivity (Wildman–Crippen MR) is 72.4 cm³/mol. The van der Waals surface area contributed by atoms with Crippen molar-refractivity contribution in [2.45, 2.75) is 38.6 Å². The number of halogens is 1. The lowest BCUT2D eigenvalue weighted by molar-refractivity contribution is -0.149. The third kappa shape index (κ3) is 3.69. The first-order valence-electron chi connectivity index (χ1n) is 6.88. The molecule has 2 rings (SSSR count). The number of para-hydroxylation sites is 1. The van der Waals surface area contributed by atoms with E-state index in [4.69, 9.17) is 4.74 Å². The van der Waals surface area contributed by atoms with Crippen molar-refractivity contribution in [1.82, 2.24) is 0 Å². The molecule has 0 radical (unpaired) electrons. The molecule has 0 saturated heterocycles. The minimum atomic E-state index is -0.227. The van der Waals surface area contributed by atoms with Crippen LogP contribution < -0.4 is 5.32 Å². The van der Waals surface area contributed by atoms with E-state index in [0.717, 1.165) is 25.7 Å². The van der Waals surface area contributed by atoms with Crippen LogP contribution in [0.4, 0.5) is 10.1 Å². The second-order valence-corrected chi connectivity index (χ2v) is 4.92. The lowest BCUT2D eigenvalue weighted by atomic mass is 9.86. The highest BCUT2D eigenvalue weighted by molar-refractivity contribution is 5.72. The molecule has 1 fully saturated rings. The molecule has 1 aromatic carbocycles. The average Bonchev–Trinajstić information content (AvgIpc) is 2.42. The van der Waals surface area contributed by atoms with Crippen LogP contribution in [0, 0.1) is 11.7 Å². The van der Waals surface area contributed by atoms with Gasteiger partial charge in [-0.3, -0.25) is 4.79 Å². The van der Waals surface area contributed by atoms with Gasteiger partial charge in [-0.05, 0) is 44.7 Å². The summed E-state index contributed by atoms with van der Waals surface area (Å²) in [5, 5.41) is 3.21. The van der Waals surface area contributed by atoms with E-state index in [-0.39, 0.29) is 23.7 Å². The Morgan fingerprint density at radius 2 is 2.00 bits per heavy atom. The van der Waals surface area contributed by atoms with E-state index >= 15 is 0 Å². The van der Waals surface area contributed by atoms with Crippen LogP contribution >= 0.6 is 0 Å². The van der Waals surface area contributed by atoms with Crippen molar-refractivity contribution in [3.05, 3.63) is 30.1 Å². The monoisotopic (exact) mass is 265 g/mol. The smallest absolute Gasteiger partial charge is 0.308 e. The van der Waals surface area contributed by atoms with E-state index in [1.54, 1.807) is 12.1 Å². The number of rotatable bonds is 4. The summed E-state index contributed by atoms with van der Waals surface area (Å²) in [6, 6.07) is 6.93. The highest BCUT2D eigenvalue weighted by Gasteiger charge is 2.27. The molecular formula is C15H20FNO2. The molecule has 1 saturated carbocycles. The number of carbonyl (C=O) groups excluding carboxylic acids is 1. The topological polar surface area (TPSA) is 38.3 Å². The van der Waals surface area contributed by atoms with Crippen LogP contribution in [0.3, 0.4) is 0 Å². The van der Waals surface area contributed by atoms with Gasteiger partial charge in [0.15, 0.2) is 0 Å². The van der Waals surface area contributed by atoms with Crippen LogP contribution in [0.15, 0.2) is 24.3 Å². The zero-order valence-corrected chi connectivity index (χ0v) is 11.2. The number of hydrogen-bond acceptors (Lipinski definition) is 3. The van der Waals surface area contributed by atoms with E-state index in [1.165, 1.54) is 6.07 Å². The predicted octanol–water partition coefficient (Wildman–Crippen LogP) is 3.36. The molecule has 1 aliphatic rings. The lowest BCUT2D eigenvalue weighted by Gasteiger charge is -2.28. The molecular weight excluding hydrogens is 245 g/mol. The van der Waals surface area contributed by atoms with Crippen LogP contribution in [0.25, 0.3) is 0 Å². The molecule has 0 amide bonds. The fourth-order valence-corrected chi connectivity index (χ4v) is 2.53. The standard InChI is InChI=1S/C15H20FNO2/c1-2-19-15(18)11-7-9-12(10-8-11)17-14-6-4-3-5-13(14)16/h3-6,11-12,17H,2,7-10H2,1H3. The van der Waals surface area contributed by atoms with Gasteiger partial charge in [-0.2, -0.15) is 0 Å². The Bertz CT molecular complexity index is 428. The third-order valence-corrected chi connectivity index (χ3v) is 3.58. The van der Waals surface area contributed by atoms with E-state index < -0.39 is 0 Å². The first-order chi connectivity index (χ1) is 9.20. The summed E-state index contributed by atoms with van der Waals surface area (Å²) in [7, 11) is 0. The van der Waals surface area contributed by atoms with Gasteiger partial charge >= 0.3 is 5.97 Å². The SMILES string of the molecule is CCOC(=O)C1CCC(Nc2ccccc2F)CC1. The Morgan fingerprint density at radius 3 is 2.63 bits per heavy atom. The van der Waals surface area contributed by atoms with E-state index in [9.17, 15) is 9.18 Å². The number of hydrogen-bond donors (Lipinski definition) is 1. The molecule has 19 heavy (non-hydrogen) atoms. The van der Waals surface area contributed by atoms with Crippen LogP contribution in [0.2, 0.25) is 0 Å². The molecule has 0 heterocycles. The number of ether oxygens (including phenoxy) is 1. The summed E-state index contributed by atoms with van der Waals surface area (Å²) in [4.78, 5) is 11.6. The van der Waals surface area contributed by atoms with E-state index in [2.05, 4.69) is 5.32 Å². The van der Waals surface area contributed by atoms with Crippen LogP contribution in [-0.4, -0.2) is 18.6 Å². The second-order valence-electron chi connectivity index (χ2n) is 4.92. The normalized spacial score (nSPS) is 22.8. The maximum atomic E-state index is 13.5. The minimum absolute atomic E-state index is 0.0126. The summed E-state index contributed by atoms with van der Waals surface area (Å²) in [6.07, 6.45) is 3.37. The molecule has 0 atom stereocenters. The number of nitrogens with one attached hydrogen (secondary N) is 1. The van der Waals surface area contributed by atoms with Gasteiger partial charge in [-0.1, -0.05) is 12.1 Å². The quantitative estimate of drug-likeness (QED) is 0.848. The second kappa shape index (κ2) is 6.55. The van der Waals surface area contributed by atoms with Crippen molar-refractivity contribution in [3.8, 4) is 0 Å². The Morgan fingerprint density at radius 1 is 1.32 bits per heavy atom. The molecule has 0 spiro atoms. The van der Waals surface area contributed by atoms with Gasteiger partial charge in [-0.15, -0.1) is 0 Å². The largest absolute Gasteiger partial charge is 0.466 e. The molecule has 3 nitrogen and oxygen atoms in total. The van der Waals surface area contributed by atoms with Crippen molar-refractivity contribution in [2.24, 2.45) is 5.92 Å². The maximum Gasteiger partial charge on any atom is 0.308 e. The van der Waals surface area contributed by atoms with Gasteiger partial charge in [-0.25, -0.2) is 4.39 Å². The van der Waals surface area contributed by atoms with Crippen molar-refractivity contribution in [1.29, 1.82) is 0 Å². The highest BCUT2D eigenvalue weighted by atomic mass is 19.1. The first kappa shape index (κ1) is 13.8. The molecule has 0 aromatic heterocycles. The van der Waals surface area contributed by atoms with Crippen LogP contribution in [0.5, 0.6) is 0 Å². The zero-order valence-electron chi connectivity index (χ0n) is 11.2. The Balaban J connectivity index is 1.84. The third-order valence-electron chi connectivity index (χ3n) is 3.58.